The predicted octanol–water partition coefficient (Wildman–Crippen LogP) is 4.98. The van der Waals surface area contributed by atoms with Crippen LogP contribution in [0.15, 0.2) is 48.5 Å². The molecule has 0 aliphatic rings. The highest BCUT2D eigenvalue weighted by atomic mass is 35.5. The van der Waals surface area contributed by atoms with E-state index < -0.39 is 29.7 Å². The van der Waals surface area contributed by atoms with Gasteiger partial charge in [0.05, 0.1) is 7.11 Å². The Morgan fingerprint density at radius 3 is 2.33 bits per heavy atom. The lowest BCUT2D eigenvalue weighted by Gasteiger charge is -2.23. The third kappa shape index (κ3) is 12.5. The van der Waals surface area contributed by atoms with E-state index in [-0.39, 0.29) is 32.0 Å². The number of halogens is 1. The maximum atomic E-state index is 13.2. The summed E-state index contributed by atoms with van der Waals surface area (Å²) in [5.41, 5.74) is 1.31. The van der Waals surface area contributed by atoms with Gasteiger partial charge in [-0.05, 0) is 69.4 Å². The average Bonchev–Trinajstić information content (AvgIpc) is 2.88. The van der Waals surface area contributed by atoms with E-state index >= 15 is 0 Å². The molecule has 0 radical (unpaired) electrons. The van der Waals surface area contributed by atoms with Gasteiger partial charge in [-0.1, -0.05) is 41.9 Å². The second kappa shape index (κ2) is 15.6. The fourth-order valence-corrected chi connectivity index (χ4v) is 3.54. The monoisotopic (exact) mass is 561 g/mol. The van der Waals surface area contributed by atoms with Crippen LogP contribution in [0.2, 0.25) is 5.02 Å². The summed E-state index contributed by atoms with van der Waals surface area (Å²) in [4.78, 5) is 49.2. The molecule has 11 heteroatoms. The molecule has 0 unspecified atom stereocenters. The SMILES string of the molecule is COC(=O)CCc1ccccc1NC(=O)[C@H](CCCNC(=O)OCc1ccc(Cl)cc1)NC(=O)OC(C)(C)C. The van der Waals surface area contributed by atoms with Crippen LogP contribution in [0.5, 0.6) is 0 Å². The number of alkyl carbamates (subject to hydrolysis) is 2. The summed E-state index contributed by atoms with van der Waals surface area (Å²) >= 11 is 5.85. The number of aryl methyl sites for hydroxylation is 1. The zero-order valence-corrected chi connectivity index (χ0v) is 23.4. The van der Waals surface area contributed by atoms with Crippen molar-refractivity contribution in [1.29, 1.82) is 0 Å². The standard InChI is InChI=1S/C28H36ClN3O7/c1-28(2,3)39-27(36)32-23(10-7-17-30-26(35)38-18-19-11-14-21(29)15-12-19)25(34)31-22-9-6-5-8-20(22)13-16-24(33)37-4/h5-6,8-9,11-12,14-15,23H,7,10,13,16-18H2,1-4H3,(H,30,35)(H,31,34)(H,32,36)/t23-/m0/s1. The van der Waals surface area contributed by atoms with Gasteiger partial charge in [-0.3, -0.25) is 9.59 Å². The van der Waals surface area contributed by atoms with E-state index in [2.05, 4.69) is 16.0 Å². The van der Waals surface area contributed by atoms with Crippen LogP contribution in [0.3, 0.4) is 0 Å². The molecule has 2 rings (SSSR count). The largest absolute Gasteiger partial charge is 0.469 e. The molecule has 0 bridgehead atoms. The molecule has 0 saturated heterocycles. The third-order valence-corrected chi connectivity index (χ3v) is 5.58. The molecule has 10 nitrogen and oxygen atoms in total. The van der Waals surface area contributed by atoms with Crippen molar-refractivity contribution in [1.82, 2.24) is 10.6 Å². The molecule has 0 heterocycles. The first-order chi connectivity index (χ1) is 18.5. The third-order valence-electron chi connectivity index (χ3n) is 5.33. The quantitative estimate of drug-likeness (QED) is 0.189. The Morgan fingerprint density at radius 2 is 1.67 bits per heavy atom. The van der Waals surface area contributed by atoms with Crippen LogP contribution >= 0.6 is 11.6 Å². The van der Waals surface area contributed by atoms with Crippen LogP contribution < -0.4 is 16.0 Å². The minimum absolute atomic E-state index is 0.0869. The van der Waals surface area contributed by atoms with Crippen LogP contribution in [-0.4, -0.2) is 49.4 Å². The maximum absolute atomic E-state index is 13.2. The fraction of sp³-hybridized carbons (Fsp3) is 0.429. The van der Waals surface area contributed by atoms with E-state index in [4.69, 9.17) is 25.8 Å². The average molecular weight is 562 g/mol. The number of hydrogen-bond acceptors (Lipinski definition) is 7. The summed E-state index contributed by atoms with van der Waals surface area (Å²) in [7, 11) is 1.32. The molecule has 2 aromatic carbocycles. The van der Waals surface area contributed by atoms with Crippen LogP contribution in [0.1, 0.15) is 51.2 Å². The molecule has 2 aromatic rings. The highest BCUT2D eigenvalue weighted by Crippen LogP contribution is 2.18. The van der Waals surface area contributed by atoms with E-state index in [1.54, 1.807) is 69.3 Å². The van der Waals surface area contributed by atoms with E-state index in [1.807, 2.05) is 0 Å². The number of benzene rings is 2. The zero-order chi connectivity index (χ0) is 28.8. The van der Waals surface area contributed by atoms with Crippen LogP contribution in [0.25, 0.3) is 0 Å². The Bertz CT molecular complexity index is 1120. The van der Waals surface area contributed by atoms with Crippen LogP contribution in [0.4, 0.5) is 15.3 Å². The molecule has 3 N–H and O–H groups in total. The lowest BCUT2D eigenvalue weighted by Crippen LogP contribution is -2.46. The number of hydrogen-bond donors (Lipinski definition) is 3. The van der Waals surface area contributed by atoms with Crippen molar-refractivity contribution < 1.29 is 33.4 Å². The van der Waals surface area contributed by atoms with Crippen molar-refractivity contribution in [2.75, 3.05) is 19.0 Å². The zero-order valence-electron chi connectivity index (χ0n) is 22.7. The first-order valence-corrected chi connectivity index (χ1v) is 12.9. The van der Waals surface area contributed by atoms with Gasteiger partial charge < -0.3 is 30.2 Å². The van der Waals surface area contributed by atoms with E-state index in [1.165, 1.54) is 7.11 Å². The number of esters is 1. The van der Waals surface area contributed by atoms with Gasteiger partial charge in [0.2, 0.25) is 5.91 Å². The van der Waals surface area contributed by atoms with E-state index in [9.17, 15) is 19.2 Å². The number of para-hydroxylation sites is 1. The Hall–Kier alpha value is -3.79. The van der Waals surface area contributed by atoms with Crippen molar-refractivity contribution in [3.05, 3.63) is 64.7 Å². The van der Waals surface area contributed by atoms with Crippen molar-refractivity contribution >= 4 is 41.4 Å². The topological polar surface area (TPSA) is 132 Å². The molecule has 3 amide bonds. The summed E-state index contributed by atoms with van der Waals surface area (Å²) in [5, 5.41) is 8.66. The highest BCUT2D eigenvalue weighted by Gasteiger charge is 2.25. The molecule has 1 atom stereocenters. The normalized spacial score (nSPS) is 11.6. The summed E-state index contributed by atoms with van der Waals surface area (Å²) in [6, 6.07) is 13.1. The van der Waals surface area contributed by atoms with Gasteiger partial charge in [-0.25, -0.2) is 9.59 Å². The molecule has 0 fully saturated rings. The number of rotatable bonds is 12. The molecule has 0 spiro atoms. The van der Waals surface area contributed by atoms with Gasteiger partial charge >= 0.3 is 18.2 Å². The van der Waals surface area contributed by atoms with Gasteiger partial charge in [-0.15, -0.1) is 0 Å². The number of anilines is 1. The highest BCUT2D eigenvalue weighted by molar-refractivity contribution is 6.30. The molecule has 0 aliphatic carbocycles. The molecule has 0 aromatic heterocycles. The van der Waals surface area contributed by atoms with Gasteiger partial charge in [-0.2, -0.15) is 0 Å². The maximum Gasteiger partial charge on any atom is 0.408 e. The second-order valence-corrected chi connectivity index (χ2v) is 10.1. The Balaban J connectivity index is 1.95. The lowest BCUT2D eigenvalue weighted by atomic mass is 10.1. The molecular weight excluding hydrogens is 526 g/mol. The number of nitrogens with one attached hydrogen (secondary N) is 3. The second-order valence-electron chi connectivity index (χ2n) is 9.69. The van der Waals surface area contributed by atoms with E-state index in [0.717, 1.165) is 11.1 Å². The number of carbonyl (C=O) groups excluding carboxylic acids is 4. The number of carbonyl (C=O) groups is 4. The smallest absolute Gasteiger partial charge is 0.408 e. The lowest BCUT2D eigenvalue weighted by molar-refractivity contribution is -0.140. The van der Waals surface area contributed by atoms with Gasteiger partial charge in [0.1, 0.15) is 18.2 Å². The predicted molar refractivity (Wildman–Crippen MR) is 147 cm³/mol. The molecule has 39 heavy (non-hydrogen) atoms. The van der Waals surface area contributed by atoms with Gasteiger partial charge in [0.15, 0.2) is 0 Å². The molecular formula is C28H36ClN3O7. The van der Waals surface area contributed by atoms with Crippen molar-refractivity contribution in [3.8, 4) is 0 Å². The molecule has 0 aliphatic heterocycles. The number of methoxy groups -OCH3 is 1. The summed E-state index contributed by atoms with van der Waals surface area (Å²) < 4.78 is 15.2. The van der Waals surface area contributed by atoms with Crippen LogP contribution in [0, 0.1) is 0 Å². The summed E-state index contributed by atoms with van der Waals surface area (Å²) in [5.74, 6) is -0.823. The van der Waals surface area contributed by atoms with Gasteiger partial charge in [0, 0.05) is 23.7 Å². The Kier molecular flexibility index (Phi) is 12.6. The van der Waals surface area contributed by atoms with Crippen molar-refractivity contribution in [2.45, 2.75) is 64.7 Å². The first-order valence-electron chi connectivity index (χ1n) is 12.6. The summed E-state index contributed by atoms with van der Waals surface area (Å²) in [6.07, 6.45) is -0.235. The number of ether oxygens (including phenoxy) is 3. The fourth-order valence-electron chi connectivity index (χ4n) is 3.41. The minimum atomic E-state index is -0.944. The molecule has 0 saturated carbocycles. The summed E-state index contributed by atoms with van der Waals surface area (Å²) in [6.45, 7) is 5.47. The van der Waals surface area contributed by atoms with Crippen LogP contribution in [-0.2, 0) is 36.8 Å². The van der Waals surface area contributed by atoms with Gasteiger partial charge in [0.25, 0.3) is 0 Å². The van der Waals surface area contributed by atoms with Crippen molar-refractivity contribution in [2.24, 2.45) is 0 Å². The minimum Gasteiger partial charge on any atom is -0.469 e. The number of amides is 3. The Labute approximate surface area is 233 Å². The Morgan fingerprint density at radius 1 is 0.974 bits per heavy atom. The van der Waals surface area contributed by atoms with Crippen molar-refractivity contribution in [3.63, 3.8) is 0 Å². The first kappa shape index (κ1) is 31.4. The molecule has 212 valence electrons. The van der Waals surface area contributed by atoms with E-state index in [0.29, 0.717) is 23.6 Å².